The largest absolute Gasteiger partial charge is 0.477 e. The molecule has 2 unspecified atom stereocenters. The van der Waals surface area contributed by atoms with Gasteiger partial charge in [0.05, 0.1) is 16.3 Å². The minimum absolute atomic E-state index is 0. The lowest BCUT2D eigenvalue weighted by Gasteiger charge is -2.47. The number of benzene rings is 1. The highest BCUT2D eigenvalue weighted by Gasteiger charge is 2.36. The Labute approximate surface area is 178 Å². The molecule has 2 heterocycles. The van der Waals surface area contributed by atoms with E-state index in [1.807, 2.05) is 6.92 Å². The standard InChI is InChI=1S/C21H28ClN3O2.ClH/c1-4-6-13(2)27-20-12-19(23)18(22)11-17(20)21(26)24-14-9-15-7-5-8-16(10-14)25(15)3;/h11-16H,5,7-10,23H2,1-3H3,(H,24,26);1H/t13-,14?,15?,16?;/m0./s1. The van der Waals surface area contributed by atoms with Crippen LogP contribution in [0, 0.1) is 11.8 Å². The molecule has 2 fully saturated rings. The Hall–Kier alpha value is -1.61. The summed E-state index contributed by atoms with van der Waals surface area (Å²) in [4.78, 5) is 15.5. The van der Waals surface area contributed by atoms with Crippen LogP contribution in [0.15, 0.2) is 12.1 Å². The summed E-state index contributed by atoms with van der Waals surface area (Å²) in [5, 5.41) is 3.54. The highest BCUT2D eigenvalue weighted by atomic mass is 35.5. The van der Waals surface area contributed by atoms with Crippen molar-refractivity contribution in [3.63, 3.8) is 0 Å². The highest BCUT2D eigenvalue weighted by Crippen LogP contribution is 2.34. The smallest absolute Gasteiger partial charge is 0.255 e. The lowest BCUT2D eigenvalue weighted by Crippen LogP contribution is -2.55. The number of nitrogens with zero attached hydrogens (tertiary/aromatic N) is 1. The van der Waals surface area contributed by atoms with Crippen molar-refractivity contribution in [3.8, 4) is 17.6 Å². The summed E-state index contributed by atoms with van der Waals surface area (Å²) in [6.45, 7) is 3.59. The van der Waals surface area contributed by atoms with E-state index in [-0.39, 0.29) is 30.5 Å². The summed E-state index contributed by atoms with van der Waals surface area (Å²) in [7, 11) is 2.20. The molecule has 1 aromatic rings. The van der Waals surface area contributed by atoms with E-state index in [2.05, 4.69) is 29.1 Å². The van der Waals surface area contributed by atoms with Gasteiger partial charge in [0.2, 0.25) is 0 Å². The monoisotopic (exact) mass is 425 g/mol. The van der Waals surface area contributed by atoms with Crippen LogP contribution in [0.3, 0.4) is 0 Å². The molecule has 0 aliphatic carbocycles. The fourth-order valence-corrected chi connectivity index (χ4v) is 4.43. The summed E-state index contributed by atoms with van der Waals surface area (Å²) < 4.78 is 5.84. The Morgan fingerprint density at radius 1 is 1.36 bits per heavy atom. The summed E-state index contributed by atoms with van der Waals surface area (Å²) >= 11 is 6.17. The van der Waals surface area contributed by atoms with Gasteiger partial charge in [0, 0.05) is 24.2 Å². The molecule has 1 aromatic carbocycles. The lowest BCUT2D eigenvalue weighted by atomic mass is 9.82. The van der Waals surface area contributed by atoms with E-state index in [0.29, 0.717) is 34.1 Å². The van der Waals surface area contributed by atoms with Gasteiger partial charge in [0.15, 0.2) is 6.10 Å². The zero-order chi connectivity index (χ0) is 19.6. The predicted octanol–water partition coefficient (Wildman–Crippen LogP) is 3.88. The molecule has 1 amide bonds. The molecule has 28 heavy (non-hydrogen) atoms. The van der Waals surface area contributed by atoms with Crippen LogP contribution >= 0.6 is 24.0 Å². The third kappa shape index (κ3) is 5.05. The molecule has 0 aromatic heterocycles. The molecule has 3 atom stereocenters. The molecule has 2 bridgehead atoms. The summed E-state index contributed by atoms with van der Waals surface area (Å²) in [6.07, 6.45) is 5.31. The Morgan fingerprint density at radius 3 is 2.61 bits per heavy atom. The van der Waals surface area contributed by atoms with Gasteiger partial charge in [-0.1, -0.05) is 23.9 Å². The van der Waals surface area contributed by atoms with Crippen molar-refractivity contribution < 1.29 is 9.53 Å². The van der Waals surface area contributed by atoms with Crippen LogP contribution in [0.1, 0.15) is 56.3 Å². The number of halogens is 2. The van der Waals surface area contributed by atoms with Crippen molar-refractivity contribution in [1.82, 2.24) is 10.2 Å². The van der Waals surface area contributed by atoms with Crippen LogP contribution < -0.4 is 15.8 Å². The highest BCUT2D eigenvalue weighted by molar-refractivity contribution is 6.33. The van der Waals surface area contributed by atoms with E-state index in [9.17, 15) is 4.79 Å². The minimum atomic E-state index is -0.343. The van der Waals surface area contributed by atoms with Gasteiger partial charge in [0.25, 0.3) is 5.91 Å². The molecule has 3 rings (SSSR count). The number of carbonyl (C=O) groups excluding carboxylic acids is 1. The molecule has 2 aliphatic rings. The Bertz CT molecular complexity index is 761. The van der Waals surface area contributed by atoms with E-state index in [1.54, 1.807) is 19.1 Å². The molecule has 7 heteroatoms. The van der Waals surface area contributed by atoms with Crippen LogP contribution in [-0.4, -0.2) is 42.1 Å². The van der Waals surface area contributed by atoms with E-state index in [0.717, 1.165) is 12.8 Å². The van der Waals surface area contributed by atoms with E-state index in [4.69, 9.17) is 22.1 Å². The van der Waals surface area contributed by atoms with Gasteiger partial charge in [-0.25, -0.2) is 0 Å². The Kier molecular flexibility index (Phi) is 7.88. The number of hydrogen-bond donors (Lipinski definition) is 2. The summed E-state index contributed by atoms with van der Waals surface area (Å²) in [6, 6.07) is 4.46. The summed E-state index contributed by atoms with van der Waals surface area (Å²) in [5.74, 6) is 5.99. The molecular formula is C21H29Cl2N3O2. The summed E-state index contributed by atoms with van der Waals surface area (Å²) in [5.41, 5.74) is 6.70. The second-order valence-electron chi connectivity index (χ2n) is 7.57. The second kappa shape index (κ2) is 9.73. The van der Waals surface area contributed by atoms with Gasteiger partial charge < -0.3 is 20.7 Å². The number of carbonyl (C=O) groups is 1. The first kappa shape index (κ1) is 22.7. The van der Waals surface area contributed by atoms with Crippen molar-refractivity contribution in [3.05, 3.63) is 22.7 Å². The molecule has 154 valence electrons. The average Bonchev–Trinajstić information content (AvgIpc) is 2.59. The average molecular weight is 426 g/mol. The number of piperidine rings is 2. The van der Waals surface area contributed by atoms with Gasteiger partial charge >= 0.3 is 0 Å². The van der Waals surface area contributed by atoms with Gasteiger partial charge in [-0.2, -0.15) is 0 Å². The van der Waals surface area contributed by atoms with Crippen molar-refractivity contribution in [2.24, 2.45) is 0 Å². The Morgan fingerprint density at radius 2 is 2.00 bits per heavy atom. The zero-order valence-corrected chi connectivity index (χ0v) is 18.2. The van der Waals surface area contributed by atoms with Crippen LogP contribution in [0.4, 0.5) is 5.69 Å². The maximum absolute atomic E-state index is 13.0. The second-order valence-corrected chi connectivity index (χ2v) is 7.98. The van der Waals surface area contributed by atoms with Crippen LogP contribution in [0.2, 0.25) is 5.02 Å². The molecule has 2 aliphatic heterocycles. The van der Waals surface area contributed by atoms with E-state index >= 15 is 0 Å². The maximum Gasteiger partial charge on any atom is 0.255 e. The number of ether oxygens (including phenoxy) is 1. The third-order valence-corrected chi connectivity index (χ3v) is 6.00. The topological polar surface area (TPSA) is 67.6 Å². The lowest BCUT2D eigenvalue weighted by molar-refractivity contribution is 0.0462. The molecule has 0 spiro atoms. The van der Waals surface area contributed by atoms with Gasteiger partial charge in [-0.15, -0.1) is 18.3 Å². The van der Waals surface area contributed by atoms with E-state index < -0.39 is 0 Å². The first-order chi connectivity index (χ1) is 12.9. The number of nitrogens with two attached hydrogens (primary N) is 1. The number of amides is 1. The number of anilines is 1. The van der Waals surface area contributed by atoms with Gasteiger partial charge in [-0.3, -0.25) is 4.79 Å². The van der Waals surface area contributed by atoms with E-state index in [1.165, 1.54) is 19.3 Å². The van der Waals surface area contributed by atoms with Crippen molar-refractivity contribution in [2.45, 2.75) is 70.2 Å². The fraction of sp³-hybridized carbons (Fsp3) is 0.571. The Balaban J connectivity index is 0.00000280. The number of hydrogen-bond acceptors (Lipinski definition) is 4. The molecule has 5 nitrogen and oxygen atoms in total. The maximum atomic E-state index is 13.0. The normalized spacial score (nSPS) is 24.9. The van der Waals surface area contributed by atoms with Gasteiger partial charge in [-0.05, 0) is 52.6 Å². The van der Waals surface area contributed by atoms with Crippen LogP contribution in [0.5, 0.6) is 5.75 Å². The first-order valence-corrected chi connectivity index (χ1v) is 9.97. The number of nitrogen functional groups attached to an aromatic ring is 1. The van der Waals surface area contributed by atoms with Crippen LogP contribution in [0.25, 0.3) is 0 Å². The zero-order valence-electron chi connectivity index (χ0n) is 16.6. The molecular weight excluding hydrogens is 397 g/mol. The van der Waals surface area contributed by atoms with Gasteiger partial charge in [0.1, 0.15) is 5.75 Å². The number of rotatable bonds is 4. The first-order valence-electron chi connectivity index (χ1n) is 9.59. The quantitative estimate of drug-likeness (QED) is 0.567. The van der Waals surface area contributed by atoms with Crippen molar-refractivity contribution in [2.75, 3.05) is 12.8 Å². The van der Waals surface area contributed by atoms with Crippen LogP contribution in [-0.2, 0) is 0 Å². The van der Waals surface area contributed by atoms with Crippen molar-refractivity contribution >= 4 is 35.6 Å². The number of fused-ring (bicyclic) bond motifs is 2. The molecule has 2 saturated heterocycles. The predicted molar refractivity (Wildman–Crippen MR) is 116 cm³/mol. The van der Waals surface area contributed by atoms with Crippen molar-refractivity contribution in [1.29, 1.82) is 0 Å². The molecule has 0 saturated carbocycles. The minimum Gasteiger partial charge on any atom is -0.477 e. The molecule has 3 N–H and O–H groups in total. The third-order valence-electron chi connectivity index (χ3n) is 5.67. The fourth-order valence-electron chi connectivity index (χ4n) is 4.26. The SMILES string of the molecule is CC#C[C@H](C)Oc1cc(N)c(Cl)cc1C(=O)NC1CC2CCCC(C1)N2C.Cl. The number of nitrogens with one attached hydrogen (secondary N) is 1. The molecule has 0 radical (unpaired) electrons.